The lowest BCUT2D eigenvalue weighted by Gasteiger charge is -2.33. The minimum atomic E-state index is -1.01. The first-order valence-corrected chi connectivity index (χ1v) is 3.54. The highest BCUT2D eigenvalue weighted by Gasteiger charge is 2.34. The first kappa shape index (κ1) is 10.8. The maximum Gasteiger partial charge on any atom is 0.0847 e. The second kappa shape index (κ2) is 4.01. The van der Waals surface area contributed by atoms with Crippen molar-refractivity contribution in [2.75, 3.05) is 13.2 Å². The molecule has 68 valence electrons. The quantitative estimate of drug-likeness (QED) is 0.417. The van der Waals surface area contributed by atoms with Crippen LogP contribution in [0.15, 0.2) is 0 Å². The van der Waals surface area contributed by atoms with E-state index in [0.717, 1.165) is 0 Å². The highest BCUT2D eigenvalue weighted by atomic mass is 16.3. The molecule has 0 aromatic carbocycles. The molecule has 4 nitrogen and oxygen atoms in total. The van der Waals surface area contributed by atoms with Crippen LogP contribution in [0.2, 0.25) is 0 Å². The Hall–Kier alpha value is -0.160. The fourth-order valence-corrected chi connectivity index (χ4v) is 0.693. The van der Waals surface area contributed by atoms with Gasteiger partial charge >= 0.3 is 0 Å². The summed E-state index contributed by atoms with van der Waals surface area (Å²) in [5, 5.41) is 35.5. The van der Waals surface area contributed by atoms with E-state index in [2.05, 4.69) is 0 Å². The number of rotatable bonds is 4. The van der Waals surface area contributed by atoms with Gasteiger partial charge in [0.05, 0.1) is 25.4 Å². The van der Waals surface area contributed by atoms with E-state index in [0.29, 0.717) is 0 Å². The fourth-order valence-electron chi connectivity index (χ4n) is 0.693. The molecule has 0 aliphatic carbocycles. The van der Waals surface area contributed by atoms with Gasteiger partial charge in [-0.15, -0.1) is 0 Å². The summed E-state index contributed by atoms with van der Waals surface area (Å²) in [6.45, 7) is 2.33. The van der Waals surface area contributed by atoms with Gasteiger partial charge in [0.1, 0.15) is 0 Å². The maximum atomic E-state index is 9.17. The Morgan fingerprint density at radius 3 is 1.45 bits per heavy atom. The summed E-state index contributed by atoms with van der Waals surface area (Å²) in [7, 11) is 0. The van der Waals surface area contributed by atoms with Crippen LogP contribution in [0.1, 0.15) is 13.8 Å². The lowest BCUT2D eigenvalue weighted by Crippen LogP contribution is -2.44. The molecule has 0 saturated carbocycles. The minimum Gasteiger partial charge on any atom is -0.394 e. The van der Waals surface area contributed by atoms with E-state index in [-0.39, 0.29) is 0 Å². The summed E-state index contributed by atoms with van der Waals surface area (Å²) in [6, 6.07) is 0. The van der Waals surface area contributed by atoms with Crippen molar-refractivity contribution in [2.24, 2.45) is 5.41 Å². The molecular weight excluding hydrogens is 148 g/mol. The molecule has 0 amide bonds. The third-order valence-electron chi connectivity index (χ3n) is 2.06. The van der Waals surface area contributed by atoms with Gasteiger partial charge in [-0.05, 0) is 0 Å². The van der Waals surface area contributed by atoms with Crippen LogP contribution in [0, 0.1) is 5.41 Å². The standard InChI is InChI=1S/C7H16O4/c1-7(2,5(10)3-8)6(11)4-9/h5-6,8-11H,3-4H2,1-2H3. The monoisotopic (exact) mass is 164 g/mol. The average Bonchev–Trinajstić information content (AvgIpc) is 2.01. The smallest absolute Gasteiger partial charge is 0.0847 e. The van der Waals surface area contributed by atoms with Crippen LogP contribution in [0.3, 0.4) is 0 Å². The molecule has 0 rings (SSSR count). The predicted molar refractivity (Wildman–Crippen MR) is 40.0 cm³/mol. The Bertz CT molecular complexity index is 101. The highest BCUT2D eigenvalue weighted by molar-refractivity contribution is 4.83. The Balaban J connectivity index is 4.18. The zero-order chi connectivity index (χ0) is 9.07. The van der Waals surface area contributed by atoms with E-state index in [9.17, 15) is 0 Å². The topological polar surface area (TPSA) is 80.9 Å². The molecule has 0 aliphatic heterocycles. The van der Waals surface area contributed by atoms with Gasteiger partial charge in [0.25, 0.3) is 0 Å². The lowest BCUT2D eigenvalue weighted by atomic mass is 9.81. The molecule has 4 heteroatoms. The van der Waals surface area contributed by atoms with Crippen molar-refractivity contribution in [3.8, 4) is 0 Å². The molecule has 0 fully saturated rings. The van der Waals surface area contributed by atoms with Gasteiger partial charge in [-0.3, -0.25) is 0 Å². The second-order valence-electron chi connectivity index (χ2n) is 3.22. The van der Waals surface area contributed by atoms with Crippen LogP contribution in [0.5, 0.6) is 0 Å². The van der Waals surface area contributed by atoms with E-state index in [1.165, 1.54) is 0 Å². The highest BCUT2D eigenvalue weighted by Crippen LogP contribution is 2.24. The van der Waals surface area contributed by atoms with Crippen molar-refractivity contribution in [1.82, 2.24) is 0 Å². The summed E-state index contributed by atoms with van der Waals surface area (Å²) in [5.41, 5.74) is -0.872. The molecule has 11 heavy (non-hydrogen) atoms. The molecular formula is C7H16O4. The molecule has 0 bridgehead atoms. The zero-order valence-corrected chi connectivity index (χ0v) is 6.86. The third kappa shape index (κ3) is 2.41. The van der Waals surface area contributed by atoms with Crippen molar-refractivity contribution >= 4 is 0 Å². The van der Waals surface area contributed by atoms with Crippen LogP contribution in [-0.4, -0.2) is 45.8 Å². The number of aliphatic hydroxyl groups excluding tert-OH is 4. The van der Waals surface area contributed by atoms with E-state index in [4.69, 9.17) is 20.4 Å². The molecule has 2 unspecified atom stereocenters. The van der Waals surface area contributed by atoms with Gasteiger partial charge in [0, 0.05) is 5.41 Å². The SMILES string of the molecule is CC(C)(C(O)CO)C(O)CO. The zero-order valence-electron chi connectivity index (χ0n) is 6.86. The van der Waals surface area contributed by atoms with Crippen molar-refractivity contribution in [3.05, 3.63) is 0 Å². The molecule has 0 spiro atoms. The summed E-state index contributed by atoms with van der Waals surface area (Å²) < 4.78 is 0. The summed E-state index contributed by atoms with van der Waals surface area (Å²) in [4.78, 5) is 0. The van der Waals surface area contributed by atoms with Gasteiger partial charge in [0.15, 0.2) is 0 Å². The summed E-state index contributed by atoms with van der Waals surface area (Å²) in [6.07, 6.45) is -2.02. The molecule has 0 aliphatic rings. The van der Waals surface area contributed by atoms with Crippen molar-refractivity contribution in [3.63, 3.8) is 0 Å². The summed E-state index contributed by atoms with van der Waals surface area (Å²) >= 11 is 0. The average molecular weight is 164 g/mol. The summed E-state index contributed by atoms with van der Waals surface area (Å²) in [5.74, 6) is 0. The maximum absolute atomic E-state index is 9.17. The van der Waals surface area contributed by atoms with Crippen molar-refractivity contribution in [1.29, 1.82) is 0 Å². The van der Waals surface area contributed by atoms with Gasteiger partial charge in [-0.2, -0.15) is 0 Å². The minimum absolute atomic E-state index is 0.413. The Morgan fingerprint density at radius 1 is 1.00 bits per heavy atom. The van der Waals surface area contributed by atoms with Gasteiger partial charge in [0.2, 0.25) is 0 Å². The Labute approximate surface area is 66.1 Å². The molecule has 2 atom stereocenters. The van der Waals surface area contributed by atoms with Crippen LogP contribution in [0.25, 0.3) is 0 Å². The second-order valence-corrected chi connectivity index (χ2v) is 3.22. The van der Waals surface area contributed by atoms with E-state index >= 15 is 0 Å². The third-order valence-corrected chi connectivity index (χ3v) is 2.06. The van der Waals surface area contributed by atoms with Gasteiger partial charge in [-0.1, -0.05) is 13.8 Å². The van der Waals surface area contributed by atoms with Gasteiger partial charge < -0.3 is 20.4 Å². The van der Waals surface area contributed by atoms with Crippen LogP contribution < -0.4 is 0 Å². The number of aliphatic hydroxyl groups is 4. The fraction of sp³-hybridized carbons (Fsp3) is 1.00. The van der Waals surface area contributed by atoms with E-state index < -0.39 is 30.8 Å². The Kier molecular flexibility index (Phi) is 3.96. The first-order chi connectivity index (χ1) is 4.96. The van der Waals surface area contributed by atoms with Gasteiger partial charge in [-0.25, -0.2) is 0 Å². The lowest BCUT2D eigenvalue weighted by molar-refractivity contribution is -0.0856. The van der Waals surface area contributed by atoms with Crippen LogP contribution in [0.4, 0.5) is 0 Å². The van der Waals surface area contributed by atoms with Crippen molar-refractivity contribution < 1.29 is 20.4 Å². The van der Waals surface area contributed by atoms with E-state index in [1.54, 1.807) is 13.8 Å². The normalized spacial score (nSPS) is 18.0. The Morgan fingerprint density at radius 2 is 1.27 bits per heavy atom. The number of hydrogen-bond donors (Lipinski definition) is 4. The molecule has 0 aromatic rings. The predicted octanol–water partition coefficient (Wildman–Crippen LogP) is -1.28. The van der Waals surface area contributed by atoms with Crippen LogP contribution in [-0.2, 0) is 0 Å². The number of hydrogen-bond acceptors (Lipinski definition) is 4. The molecule has 0 radical (unpaired) electrons. The molecule has 0 saturated heterocycles. The molecule has 4 N–H and O–H groups in total. The van der Waals surface area contributed by atoms with Crippen molar-refractivity contribution in [2.45, 2.75) is 26.1 Å². The van der Waals surface area contributed by atoms with Crippen LogP contribution >= 0.6 is 0 Å². The van der Waals surface area contributed by atoms with E-state index in [1.807, 2.05) is 0 Å². The largest absolute Gasteiger partial charge is 0.394 e. The molecule has 0 heterocycles. The molecule has 0 aromatic heterocycles. The first-order valence-electron chi connectivity index (χ1n) is 3.54.